The standard InChI is InChI=1S/C55H50IN3O2S/c1-3-5-7-9-33-60-52-38-45(53(61-34-10-8-6-4-2)37-44(52)17-12-40-14-20-47(21-15-40)62-35-11-28-57)18-13-41-16-22-48-49-23-19-46(56)39-51(49)55(50(48)36-41)54(42-24-29-58-30-25-42)43-26-31-59-32-27-43/h14-16,19-27,29-32,36-39H,3-11,33-35H2,1-2H3. The zero-order valence-electron chi connectivity index (χ0n) is 35.5. The predicted octanol–water partition coefficient (Wildman–Crippen LogP) is 13.8. The predicted molar refractivity (Wildman–Crippen MR) is 263 cm³/mol. The summed E-state index contributed by atoms with van der Waals surface area (Å²) < 4.78 is 14.2. The molecule has 0 aliphatic heterocycles. The Morgan fingerprint density at radius 3 is 1.68 bits per heavy atom. The van der Waals surface area contributed by atoms with E-state index >= 15 is 0 Å². The van der Waals surface area contributed by atoms with Crippen molar-refractivity contribution in [3.63, 3.8) is 0 Å². The Bertz CT molecular complexity index is 2620. The number of fused-ring (bicyclic) bond motifs is 3. The van der Waals surface area contributed by atoms with Gasteiger partial charge in [0.05, 0.1) is 30.4 Å². The highest BCUT2D eigenvalue weighted by Crippen LogP contribution is 2.49. The molecule has 6 aromatic rings. The minimum Gasteiger partial charge on any atom is -0.492 e. The molecule has 62 heavy (non-hydrogen) atoms. The monoisotopic (exact) mass is 943 g/mol. The lowest BCUT2D eigenvalue weighted by Gasteiger charge is -2.15. The molecular weight excluding hydrogens is 894 g/mol. The molecule has 0 atom stereocenters. The van der Waals surface area contributed by atoms with Crippen molar-refractivity contribution in [1.29, 1.82) is 5.26 Å². The minimum atomic E-state index is 0.525. The Morgan fingerprint density at radius 1 is 0.581 bits per heavy atom. The van der Waals surface area contributed by atoms with E-state index in [-0.39, 0.29) is 0 Å². The van der Waals surface area contributed by atoms with E-state index in [9.17, 15) is 0 Å². The molecule has 7 heteroatoms. The summed E-state index contributed by atoms with van der Waals surface area (Å²) in [4.78, 5) is 9.82. The van der Waals surface area contributed by atoms with Crippen LogP contribution in [-0.4, -0.2) is 28.9 Å². The molecule has 2 aromatic heterocycles. The van der Waals surface area contributed by atoms with Crippen molar-refractivity contribution in [3.05, 3.63) is 170 Å². The molecule has 0 bridgehead atoms. The zero-order valence-corrected chi connectivity index (χ0v) is 38.5. The van der Waals surface area contributed by atoms with Crippen molar-refractivity contribution in [2.45, 2.75) is 76.5 Å². The highest BCUT2D eigenvalue weighted by molar-refractivity contribution is 14.1. The molecule has 0 spiro atoms. The second-order valence-corrected chi connectivity index (χ2v) is 17.5. The lowest BCUT2D eigenvalue weighted by atomic mass is 9.89. The number of rotatable bonds is 17. The van der Waals surface area contributed by atoms with E-state index in [1.165, 1.54) is 38.7 Å². The minimum absolute atomic E-state index is 0.525. The van der Waals surface area contributed by atoms with Gasteiger partial charge in [-0.3, -0.25) is 9.97 Å². The van der Waals surface area contributed by atoms with Crippen molar-refractivity contribution < 1.29 is 9.47 Å². The van der Waals surface area contributed by atoms with E-state index in [1.54, 1.807) is 11.8 Å². The highest BCUT2D eigenvalue weighted by Gasteiger charge is 2.28. The highest BCUT2D eigenvalue weighted by atomic mass is 127. The molecule has 0 saturated carbocycles. The number of pyridine rings is 2. The Labute approximate surface area is 385 Å². The third kappa shape index (κ3) is 11.6. The van der Waals surface area contributed by atoms with Crippen LogP contribution >= 0.6 is 34.4 Å². The summed E-state index contributed by atoms with van der Waals surface area (Å²) in [6, 6.07) is 36.0. The smallest absolute Gasteiger partial charge is 0.136 e. The summed E-state index contributed by atoms with van der Waals surface area (Å²) in [5.41, 5.74) is 12.6. The molecule has 0 unspecified atom stereocenters. The van der Waals surface area contributed by atoms with Gasteiger partial charge in [-0.1, -0.05) is 88.2 Å². The molecule has 7 rings (SSSR count). The number of aromatic nitrogens is 2. The van der Waals surface area contributed by atoms with Gasteiger partial charge in [0.1, 0.15) is 11.5 Å². The number of unbranched alkanes of at least 4 members (excludes halogenated alkanes) is 6. The van der Waals surface area contributed by atoms with Crippen LogP contribution in [0, 0.1) is 38.6 Å². The molecule has 1 aliphatic rings. The molecule has 1 aliphatic carbocycles. The summed E-state index contributed by atoms with van der Waals surface area (Å²) in [5, 5.41) is 8.93. The Balaban J connectivity index is 1.30. The summed E-state index contributed by atoms with van der Waals surface area (Å²) in [6.45, 7) is 5.64. The number of halogens is 1. The third-order valence-corrected chi connectivity index (χ3v) is 12.3. The normalized spacial score (nSPS) is 11.0. The molecular formula is C55H50IN3O2S. The van der Waals surface area contributed by atoms with Crippen molar-refractivity contribution in [2.75, 3.05) is 19.0 Å². The molecule has 0 radical (unpaired) electrons. The Hall–Kier alpha value is -5.79. The van der Waals surface area contributed by atoms with Gasteiger partial charge in [0.15, 0.2) is 0 Å². The maximum atomic E-state index is 8.93. The first kappa shape index (κ1) is 44.3. The topological polar surface area (TPSA) is 68.0 Å². The molecule has 2 heterocycles. The third-order valence-electron chi connectivity index (χ3n) is 10.6. The summed E-state index contributed by atoms with van der Waals surface area (Å²) in [5.74, 6) is 16.1. The van der Waals surface area contributed by atoms with Gasteiger partial charge in [-0.2, -0.15) is 5.26 Å². The summed E-state index contributed by atoms with van der Waals surface area (Å²) >= 11 is 4.09. The first-order valence-electron chi connectivity index (χ1n) is 21.6. The second kappa shape index (κ2) is 22.9. The van der Waals surface area contributed by atoms with Gasteiger partial charge < -0.3 is 9.47 Å². The van der Waals surface area contributed by atoms with E-state index in [0.29, 0.717) is 31.1 Å². The van der Waals surface area contributed by atoms with Crippen LogP contribution in [0.2, 0.25) is 0 Å². The van der Waals surface area contributed by atoms with Gasteiger partial charge in [-0.15, -0.1) is 11.8 Å². The van der Waals surface area contributed by atoms with Crippen LogP contribution in [0.5, 0.6) is 11.5 Å². The van der Waals surface area contributed by atoms with Gasteiger partial charge in [0, 0.05) is 68.7 Å². The van der Waals surface area contributed by atoms with E-state index in [4.69, 9.17) is 14.7 Å². The average Bonchev–Trinajstić information content (AvgIpc) is 3.61. The van der Waals surface area contributed by atoms with Crippen LogP contribution in [0.15, 0.2) is 127 Å². The van der Waals surface area contributed by atoms with Crippen LogP contribution < -0.4 is 9.47 Å². The van der Waals surface area contributed by atoms with Gasteiger partial charge in [0.25, 0.3) is 0 Å². The zero-order chi connectivity index (χ0) is 42.9. The molecule has 0 fully saturated rings. The van der Waals surface area contributed by atoms with Crippen molar-refractivity contribution in [2.24, 2.45) is 0 Å². The first-order chi connectivity index (χ1) is 30.6. The number of ether oxygens (including phenoxy) is 2. The quantitative estimate of drug-likeness (QED) is 0.0392. The maximum Gasteiger partial charge on any atom is 0.136 e. The second-order valence-electron chi connectivity index (χ2n) is 15.1. The Morgan fingerprint density at radius 2 is 1.11 bits per heavy atom. The largest absolute Gasteiger partial charge is 0.492 e. The van der Waals surface area contributed by atoms with Crippen molar-refractivity contribution in [3.8, 4) is 52.4 Å². The molecule has 5 nitrogen and oxygen atoms in total. The number of nitrogens with zero attached hydrogens (tertiary/aromatic N) is 3. The summed E-state index contributed by atoms with van der Waals surface area (Å²) in [7, 11) is 0. The van der Waals surface area contributed by atoms with Gasteiger partial charge in [-0.05, 0) is 153 Å². The number of nitriles is 1. The fourth-order valence-electron chi connectivity index (χ4n) is 7.47. The number of thioether (sulfide) groups is 1. The number of hydrogen-bond donors (Lipinski definition) is 0. The molecule has 0 N–H and O–H groups in total. The van der Waals surface area contributed by atoms with Crippen LogP contribution in [-0.2, 0) is 0 Å². The SMILES string of the molecule is CCCCCCOc1cc(C#Cc2ccc3c(c2)C(=C(c2ccncc2)c2ccncc2)c2cc(I)ccc2-3)c(OCCCCCC)cc1C#Cc1ccc(SCCC#N)cc1. The van der Waals surface area contributed by atoms with Gasteiger partial charge in [0.2, 0.25) is 0 Å². The van der Waals surface area contributed by atoms with Crippen molar-refractivity contribution in [1.82, 2.24) is 9.97 Å². The Kier molecular flexibility index (Phi) is 16.3. The molecule has 0 amide bonds. The van der Waals surface area contributed by atoms with Gasteiger partial charge in [-0.25, -0.2) is 0 Å². The molecule has 4 aromatic carbocycles. The molecule has 0 saturated heterocycles. The van der Waals surface area contributed by atoms with E-state index < -0.39 is 0 Å². The van der Waals surface area contributed by atoms with Crippen LogP contribution in [0.4, 0.5) is 0 Å². The van der Waals surface area contributed by atoms with Crippen LogP contribution in [0.1, 0.15) is 116 Å². The first-order valence-corrected chi connectivity index (χ1v) is 23.7. The average molecular weight is 944 g/mol. The number of hydrogen-bond acceptors (Lipinski definition) is 6. The lowest BCUT2D eigenvalue weighted by molar-refractivity contribution is 0.295. The lowest BCUT2D eigenvalue weighted by Crippen LogP contribution is -2.03. The van der Waals surface area contributed by atoms with E-state index in [0.717, 1.165) is 93.7 Å². The van der Waals surface area contributed by atoms with Gasteiger partial charge >= 0.3 is 0 Å². The van der Waals surface area contributed by atoms with Crippen molar-refractivity contribution >= 4 is 45.5 Å². The van der Waals surface area contributed by atoms with Crippen LogP contribution in [0.25, 0.3) is 22.3 Å². The van der Waals surface area contributed by atoms with Crippen LogP contribution in [0.3, 0.4) is 0 Å². The maximum absolute atomic E-state index is 8.93. The van der Waals surface area contributed by atoms with E-state index in [1.807, 2.05) is 49.1 Å². The van der Waals surface area contributed by atoms with E-state index in [2.05, 4.69) is 149 Å². The summed E-state index contributed by atoms with van der Waals surface area (Å²) in [6.07, 6.45) is 16.8. The fraction of sp³-hybridized carbons (Fsp3) is 0.255. The number of benzene rings is 4. The molecule has 310 valence electrons. The fourth-order valence-corrected chi connectivity index (χ4v) is 8.72.